The molecule has 0 bridgehead atoms. The van der Waals surface area contributed by atoms with Gasteiger partial charge in [0, 0.05) is 18.7 Å². The van der Waals surface area contributed by atoms with Crippen molar-refractivity contribution in [2.45, 2.75) is 60.5 Å². The van der Waals surface area contributed by atoms with E-state index < -0.39 is 11.2 Å². The van der Waals surface area contributed by atoms with Gasteiger partial charge in [-0.1, -0.05) is 27.2 Å². The van der Waals surface area contributed by atoms with Gasteiger partial charge in [0.05, 0.1) is 13.2 Å². The van der Waals surface area contributed by atoms with E-state index >= 15 is 0 Å². The zero-order valence-corrected chi connectivity index (χ0v) is 19.0. The summed E-state index contributed by atoms with van der Waals surface area (Å²) in [6.07, 6.45) is 1.76. The molecule has 0 unspecified atom stereocenters. The summed E-state index contributed by atoms with van der Waals surface area (Å²) < 4.78 is 15.1. The molecular weight excluding hydrogens is 396 g/mol. The number of ether oxygens (including phenoxy) is 2. The second-order valence-corrected chi connectivity index (χ2v) is 7.92. The SMILES string of the molecule is CCCCn1c(=O)[nH]c(=O)c2c1nc(-c1ccc(OCC(C)C)c(OCC)c1)n2CC. The van der Waals surface area contributed by atoms with Gasteiger partial charge in [-0.15, -0.1) is 0 Å². The Morgan fingerprint density at radius 1 is 1.06 bits per heavy atom. The molecule has 1 N–H and O–H groups in total. The summed E-state index contributed by atoms with van der Waals surface area (Å²) in [6.45, 7) is 12.3. The number of hydrogen-bond acceptors (Lipinski definition) is 5. The molecular formula is C23H32N4O4. The average molecular weight is 429 g/mol. The molecule has 0 atom stereocenters. The quantitative estimate of drug-likeness (QED) is 0.530. The summed E-state index contributed by atoms with van der Waals surface area (Å²) in [7, 11) is 0. The fourth-order valence-corrected chi connectivity index (χ4v) is 3.52. The van der Waals surface area contributed by atoms with Gasteiger partial charge in [-0.05, 0) is 44.4 Å². The Morgan fingerprint density at radius 3 is 2.48 bits per heavy atom. The highest BCUT2D eigenvalue weighted by atomic mass is 16.5. The Balaban J connectivity index is 2.18. The predicted octanol–water partition coefficient (Wildman–Crippen LogP) is 3.81. The highest BCUT2D eigenvalue weighted by molar-refractivity contribution is 5.77. The summed E-state index contributed by atoms with van der Waals surface area (Å²) in [6, 6.07) is 5.67. The van der Waals surface area contributed by atoms with Crippen molar-refractivity contribution in [3.63, 3.8) is 0 Å². The largest absolute Gasteiger partial charge is 0.490 e. The van der Waals surface area contributed by atoms with E-state index in [0.29, 0.717) is 60.7 Å². The zero-order chi connectivity index (χ0) is 22.5. The molecule has 0 amide bonds. The highest BCUT2D eigenvalue weighted by Crippen LogP contribution is 2.33. The number of nitrogens with one attached hydrogen (secondary N) is 1. The first-order valence-electron chi connectivity index (χ1n) is 11.0. The van der Waals surface area contributed by atoms with Crippen molar-refractivity contribution in [2.24, 2.45) is 5.92 Å². The van der Waals surface area contributed by atoms with Crippen LogP contribution in [-0.4, -0.2) is 32.3 Å². The predicted molar refractivity (Wildman–Crippen MR) is 122 cm³/mol. The third kappa shape index (κ3) is 4.68. The molecule has 2 heterocycles. The molecule has 168 valence electrons. The van der Waals surface area contributed by atoms with E-state index in [1.807, 2.05) is 36.6 Å². The molecule has 0 saturated carbocycles. The molecule has 3 aromatic rings. The van der Waals surface area contributed by atoms with Crippen LogP contribution in [0.2, 0.25) is 0 Å². The first kappa shape index (κ1) is 22.7. The summed E-state index contributed by atoms with van der Waals surface area (Å²) in [5.41, 5.74) is 0.775. The van der Waals surface area contributed by atoms with Crippen LogP contribution >= 0.6 is 0 Å². The van der Waals surface area contributed by atoms with Gasteiger partial charge >= 0.3 is 5.69 Å². The van der Waals surface area contributed by atoms with Crippen LogP contribution in [0.15, 0.2) is 27.8 Å². The van der Waals surface area contributed by atoms with Gasteiger partial charge in [-0.3, -0.25) is 14.3 Å². The third-order valence-corrected chi connectivity index (χ3v) is 5.01. The summed E-state index contributed by atoms with van der Waals surface area (Å²) >= 11 is 0. The van der Waals surface area contributed by atoms with Crippen molar-refractivity contribution in [3.8, 4) is 22.9 Å². The van der Waals surface area contributed by atoms with Crippen LogP contribution < -0.4 is 20.7 Å². The Bertz CT molecular complexity index is 1160. The molecule has 0 spiro atoms. The smallest absolute Gasteiger partial charge is 0.330 e. The Morgan fingerprint density at radius 2 is 1.84 bits per heavy atom. The van der Waals surface area contributed by atoms with Crippen LogP contribution in [0, 0.1) is 5.92 Å². The van der Waals surface area contributed by atoms with E-state index in [9.17, 15) is 9.59 Å². The maximum Gasteiger partial charge on any atom is 0.330 e. The van der Waals surface area contributed by atoms with E-state index in [1.165, 1.54) is 0 Å². The number of aryl methyl sites for hydroxylation is 2. The van der Waals surface area contributed by atoms with Gasteiger partial charge in [-0.25, -0.2) is 9.78 Å². The molecule has 0 aliphatic heterocycles. The van der Waals surface area contributed by atoms with Crippen LogP contribution in [-0.2, 0) is 13.1 Å². The normalized spacial score (nSPS) is 11.4. The molecule has 2 aromatic heterocycles. The van der Waals surface area contributed by atoms with Gasteiger partial charge in [0.25, 0.3) is 5.56 Å². The molecule has 0 aliphatic rings. The minimum absolute atomic E-state index is 0.394. The minimum atomic E-state index is -0.425. The molecule has 8 nitrogen and oxygen atoms in total. The van der Waals surface area contributed by atoms with Gasteiger partial charge in [0.15, 0.2) is 22.7 Å². The lowest BCUT2D eigenvalue weighted by molar-refractivity contribution is 0.248. The lowest BCUT2D eigenvalue weighted by Gasteiger charge is -2.15. The standard InChI is InChI=1S/C23H32N4O4/c1-6-9-12-27-21-19(22(28)25-23(27)29)26(7-2)20(24-21)16-10-11-17(31-14-15(4)5)18(13-16)30-8-3/h10-11,13,15H,6-9,12,14H2,1-5H3,(H,25,28,29). The van der Waals surface area contributed by atoms with Crippen molar-refractivity contribution < 1.29 is 9.47 Å². The number of aromatic amines is 1. The van der Waals surface area contributed by atoms with E-state index in [2.05, 4.69) is 25.8 Å². The first-order valence-corrected chi connectivity index (χ1v) is 11.0. The van der Waals surface area contributed by atoms with E-state index in [4.69, 9.17) is 14.5 Å². The summed E-state index contributed by atoms with van der Waals surface area (Å²) in [4.78, 5) is 32.3. The van der Waals surface area contributed by atoms with Crippen molar-refractivity contribution in [2.75, 3.05) is 13.2 Å². The fraction of sp³-hybridized carbons (Fsp3) is 0.522. The van der Waals surface area contributed by atoms with Crippen LogP contribution in [0.3, 0.4) is 0 Å². The minimum Gasteiger partial charge on any atom is -0.490 e. The maximum absolute atomic E-state index is 12.6. The monoisotopic (exact) mass is 428 g/mol. The summed E-state index contributed by atoms with van der Waals surface area (Å²) in [5.74, 6) is 2.32. The van der Waals surface area contributed by atoms with Gasteiger partial charge < -0.3 is 14.0 Å². The van der Waals surface area contributed by atoms with Gasteiger partial charge in [-0.2, -0.15) is 0 Å². The number of H-pyrrole nitrogens is 1. The maximum atomic E-state index is 12.6. The number of hydrogen-bond donors (Lipinski definition) is 1. The van der Waals surface area contributed by atoms with Crippen LogP contribution in [0.1, 0.15) is 47.5 Å². The Kier molecular flexibility index (Phi) is 7.20. The third-order valence-electron chi connectivity index (χ3n) is 5.01. The first-order chi connectivity index (χ1) is 14.9. The van der Waals surface area contributed by atoms with Crippen LogP contribution in [0.5, 0.6) is 11.5 Å². The molecule has 31 heavy (non-hydrogen) atoms. The number of benzene rings is 1. The number of fused-ring (bicyclic) bond motifs is 1. The van der Waals surface area contributed by atoms with Crippen LogP contribution in [0.25, 0.3) is 22.6 Å². The number of nitrogens with zero attached hydrogens (tertiary/aromatic N) is 3. The average Bonchev–Trinajstić information content (AvgIpc) is 3.12. The number of aromatic nitrogens is 4. The Labute approximate surface area is 181 Å². The second kappa shape index (κ2) is 9.85. The fourth-order valence-electron chi connectivity index (χ4n) is 3.52. The van der Waals surface area contributed by atoms with E-state index in [-0.39, 0.29) is 0 Å². The van der Waals surface area contributed by atoms with Crippen molar-refractivity contribution in [3.05, 3.63) is 39.0 Å². The summed E-state index contributed by atoms with van der Waals surface area (Å²) in [5, 5.41) is 0. The Hall–Kier alpha value is -3.03. The number of unbranched alkanes of at least 4 members (excludes halogenated alkanes) is 1. The lowest BCUT2D eigenvalue weighted by atomic mass is 10.2. The molecule has 0 fully saturated rings. The van der Waals surface area contributed by atoms with Crippen molar-refractivity contribution in [1.82, 2.24) is 19.1 Å². The van der Waals surface area contributed by atoms with Gasteiger partial charge in [0.1, 0.15) is 5.82 Å². The van der Waals surface area contributed by atoms with Crippen molar-refractivity contribution >= 4 is 11.2 Å². The van der Waals surface area contributed by atoms with E-state index in [1.54, 1.807) is 4.57 Å². The lowest BCUT2D eigenvalue weighted by Crippen LogP contribution is -2.31. The van der Waals surface area contributed by atoms with Crippen molar-refractivity contribution in [1.29, 1.82) is 0 Å². The molecule has 3 rings (SSSR count). The van der Waals surface area contributed by atoms with E-state index in [0.717, 1.165) is 18.4 Å². The topological polar surface area (TPSA) is 91.1 Å². The van der Waals surface area contributed by atoms with Crippen LogP contribution in [0.4, 0.5) is 0 Å². The molecule has 0 saturated heterocycles. The number of rotatable bonds is 10. The molecule has 1 aromatic carbocycles. The number of imidazole rings is 1. The zero-order valence-electron chi connectivity index (χ0n) is 19.0. The second-order valence-electron chi connectivity index (χ2n) is 7.92. The highest BCUT2D eigenvalue weighted by Gasteiger charge is 2.20. The molecule has 8 heteroatoms. The van der Waals surface area contributed by atoms with Gasteiger partial charge in [0.2, 0.25) is 0 Å². The molecule has 0 radical (unpaired) electrons. The molecule has 0 aliphatic carbocycles.